The van der Waals surface area contributed by atoms with Gasteiger partial charge in [-0.05, 0) is 42.3 Å². The minimum atomic E-state index is -0.436. The molecule has 0 aliphatic carbocycles. The Morgan fingerprint density at radius 1 is 1.20 bits per heavy atom. The van der Waals surface area contributed by atoms with Crippen molar-refractivity contribution in [2.45, 2.75) is 20.0 Å². The van der Waals surface area contributed by atoms with E-state index >= 15 is 0 Å². The Morgan fingerprint density at radius 3 is 2.65 bits per heavy atom. The average molecular weight is 290 g/mol. The van der Waals surface area contributed by atoms with Gasteiger partial charge in [0.25, 0.3) is 0 Å². The third-order valence-electron chi connectivity index (χ3n) is 2.97. The molecule has 0 bridgehead atoms. The summed E-state index contributed by atoms with van der Waals surface area (Å²) in [5, 5.41) is 9.38. The van der Waals surface area contributed by atoms with E-state index in [2.05, 4.69) is 0 Å². The van der Waals surface area contributed by atoms with Gasteiger partial charge in [0.2, 0.25) is 0 Å². The largest absolute Gasteiger partial charge is 0.489 e. The second-order valence-electron chi connectivity index (χ2n) is 4.31. The number of nitrogens with zero attached hydrogens (tertiary/aromatic N) is 1. The Bertz CT molecular complexity index is 664. The van der Waals surface area contributed by atoms with Crippen LogP contribution in [-0.2, 0) is 13.0 Å². The van der Waals surface area contributed by atoms with E-state index < -0.39 is 5.82 Å². The van der Waals surface area contributed by atoms with Gasteiger partial charge < -0.3 is 4.74 Å². The summed E-state index contributed by atoms with van der Waals surface area (Å²) >= 11 is 6.03. The van der Waals surface area contributed by atoms with Gasteiger partial charge >= 0.3 is 0 Å². The maximum atomic E-state index is 13.7. The summed E-state index contributed by atoms with van der Waals surface area (Å²) in [5.74, 6) is 0.212. The van der Waals surface area contributed by atoms with Crippen LogP contribution in [0.5, 0.6) is 5.75 Å². The molecule has 0 aromatic heterocycles. The van der Waals surface area contributed by atoms with Gasteiger partial charge in [-0.1, -0.05) is 24.6 Å². The van der Waals surface area contributed by atoms with Crippen LogP contribution in [0.25, 0.3) is 0 Å². The predicted octanol–water partition coefficient (Wildman–Crippen LogP) is 4.49. The highest BCUT2D eigenvalue weighted by Crippen LogP contribution is 2.23. The molecule has 0 amide bonds. The zero-order valence-corrected chi connectivity index (χ0v) is 11.7. The number of hydrogen-bond donors (Lipinski definition) is 0. The van der Waals surface area contributed by atoms with Crippen molar-refractivity contribution in [2.75, 3.05) is 0 Å². The van der Waals surface area contributed by atoms with Crippen molar-refractivity contribution in [1.29, 1.82) is 5.26 Å². The molecule has 2 aromatic carbocycles. The van der Waals surface area contributed by atoms with Gasteiger partial charge in [0.1, 0.15) is 18.2 Å². The lowest BCUT2D eigenvalue weighted by Crippen LogP contribution is -1.99. The first-order valence-electron chi connectivity index (χ1n) is 6.23. The number of aryl methyl sites for hydroxylation is 1. The molecular formula is C16H13ClFNO. The summed E-state index contributed by atoms with van der Waals surface area (Å²) in [4.78, 5) is 0. The minimum absolute atomic E-state index is 0.113. The quantitative estimate of drug-likeness (QED) is 0.830. The minimum Gasteiger partial charge on any atom is -0.489 e. The molecular weight excluding hydrogens is 277 g/mol. The van der Waals surface area contributed by atoms with Crippen LogP contribution in [0.3, 0.4) is 0 Å². The SMILES string of the molecule is CCc1cc(OCc2ccc(C#N)cc2F)ccc1Cl. The van der Waals surface area contributed by atoms with Crippen LogP contribution in [-0.4, -0.2) is 0 Å². The van der Waals surface area contributed by atoms with Crippen LogP contribution in [0, 0.1) is 17.1 Å². The van der Waals surface area contributed by atoms with E-state index in [0.717, 1.165) is 12.0 Å². The Labute approximate surface area is 122 Å². The van der Waals surface area contributed by atoms with E-state index in [1.54, 1.807) is 24.3 Å². The zero-order valence-electron chi connectivity index (χ0n) is 11.0. The van der Waals surface area contributed by atoms with Crippen molar-refractivity contribution in [1.82, 2.24) is 0 Å². The maximum absolute atomic E-state index is 13.7. The lowest BCUT2D eigenvalue weighted by molar-refractivity contribution is 0.299. The fraction of sp³-hybridized carbons (Fsp3) is 0.188. The van der Waals surface area contributed by atoms with Crippen LogP contribution in [0.4, 0.5) is 4.39 Å². The van der Waals surface area contributed by atoms with Crippen LogP contribution < -0.4 is 4.74 Å². The second kappa shape index (κ2) is 6.40. The van der Waals surface area contributed by atoms with Gasteiger partial charge in [0.05, 0.1) is 11.6 Å². The molecule has 0 aliphatic heterocycles. The third-order valence-corrected chi connectivity index (χ3v) is 3.34. The Hall–Kier alpha value is -2.05. The molecule has 0 radical (unpaired) electrons. The van der Waals surface area contributed by atoms with Crippen LogP contribution in [0.2, 0.25) is 5.02 Å². The Morgan fingerprint density at radius 2 is 2.00 bits per heavy atom. The van der Waals surface area contributed by atoms with Crippen LogP contribution >= 0.6 is 11.6 Å². The first kappa shape index (κ1) is 14.4. The molecule has 0 spiro atoms. The number of nitriles is 1. The monoisotopic (exact) mass is 289 g/mol. The van der Waals surface area contributed by atoms with Gasteiger partial charge in [0.15, 0.2) is 0 Å². The van der Waals surface area contributed by atoms with E-state index in [1.807, 2.05) is 19.1 Å². The van der Waals surface area contributed by atoms with E-state index in [9.17, 15) is 4.39 Å². The molecule has 4 heteroatoms. The molecule has 20 heavy (non-hydrogen) atoms. The highest BCUT2D eigenvalue weighted by Gasteiger charge is 2.06. The number of ether oxygens (including phenoxy) is 1. The standard InChI is InChI=1S/C16H13ClFNO/c1-2-12-8-14(5-6-15(12)17)20-10-13-4-3-11(9-19)7-16(13)18/h3-8H,2,10H2,1H3. The fourth-order valence-electron chi connectivity index (χ4n) is 1.81. The summed E-state index contributed by atoms with van der Waals surface area (Å²) in [7, 11) is 0. The predicted molar refractivity (Wildman–Crippen MR) is 76.3 cm³/mol. The van der Waals surface area contributed by atoms with Crippen molar-refractivity contribution in [3.8, 4) is 11.8 Å². The summed E-state index contributed by atoms with van der Waals surface area (Å²) in [6.07, 6.45) is 0.807. The lowest BCUT2D eigenvalue weighted by atomic mass is 10.1. The van der Waals surface area contributed by atoms with Gasteiger partial charge in [-0.3, -0.25) is 0 Å². The molecule has 0 unspecified atom stereocenters. The molecule has 0 fully saturated rings. The summed E-state index contributed by atoms with van der Waals surface area (Å²) in [6.45, 7) is 2.12. The number of hydrogen-bond acceptors (Lipinski definition) is 2. The lowest BCUT2D eigenvalue weighted by Gasteiger charge is -2.09. The zero-order chi connectivity index (χ0) is 14.5. The first-order chi connectivity index (χ1) is 9.63. The van der Waals surface area contributed by atoms with Crippen molar-refractivity contribution in [2.24, 2.45) is 0 Å². The van der Waals surface area contributed by atoms with Gasteiger partial charge in [0, 0.05) is 10.6 Å². The van der Waals surface area contributed by atoms with E-state index in [4.69, 9.17) is 21.6 Å². The topological polar surface area (TPSA) is 33.0 Å². The molecule has 2 aromatic rings. The molecule has 0 N–H and O–H groups in total. The second-order valence-corrected chi connectivity index (χ2v) is 4.72. The molecule has 0 saturated heterocycles. The molecule has 102 valence electrons. The van der Waals surface area contributed by atoms with Crippen LogP contribution in [0.1, 0.15) is 23.6 Å². The smallest absolute Gasteiger partial charge is 0.131 e. The van der Waals surface area contributed by atoms with Crippen molar-refractivity contribution < 1.29 is 9.13 Å². The summed E-state index contributed by atoms with van der Waals surface area (Å²) in [6, 6.07) is 11.6. The normalized spacial score (nSPS) is 10.1. The summed E-state index contributed by atoms with van der Waals surface area (Å²) in [5.41, 5.74) is 1.70. The van der Waals surface area contributed by atoms with E-state index in [1.165, 1.54) is 6.07 Å². The molecule has 0 atom stereocenters. The third kappa shape index (κ3) is 3.28. The fourth-order valence-corrected chi connectivity index (χ4v) is 2.06. The Kier molecular flexibility index (Phi) is 4.60. The van der Waals surface area contributed by atoms with Crippen molar-refractivity contribution >= 4 is 11.6 Å². The van der Waals surface area contributed by atoms with Gasteiger partial charge in [-0.2, -0.15) is 5.26 Å². The molecule has 0 aliphatic rings. The van der Waals surface area contributed by atoms with E-state index in [0.29, 0.717) is 21.9 Å². The molecule has 0 saturated carbocycles. The van der Waals surface area contributed by atoms with Gasteiger partial charge in [-0.15, -0.1) is 0 Å². The van der Waals surface area contributed by atoms with Crippen molar-refractivity contribution in [3.63, 3.8) is 0 Å². The highest BCUT2D eigenvalue weighted by atomic mass is 35.5. The van der Waals surface area contributed by atoms with Crippen LogP contribution in [0.15, 0.2) is 36.4 Å². The summed E-state index contributed by atoms with van der Waals surface area (Å²) < 4.78 is 19.3. The molecule has 2 nitrogen and oxygen atoms in total. The Balaban J connectivity index is 2.11. The number of benzene rings is 2. The van der Waals surface area contributed by atoms with E-state index in [-0.39, 0.29) is 6.61 Å². The molecule has 2 rings (SSSR count). The number of rotatable bonds is 4. The first-order valence-corrected chi connectivity index (χ1v) is 6.61. The maximum Gasteiger partial charge on any atom is 0.131 e. The molecule has 0 heterocycles. The number of halogens is 2. The van der Waals surface area contributed by atoms with Crippen molar-refractivity contribution in [3.05, 3.63) is 63.9 Å². The average Bonchev–Trinajstić information content (AvgIpc) is 2.47. The van der Waals surface area contributed by atoms with Gasteiger partial charge in [-0.25, -0.2) is 4.39 Å². The highest BCUT2D eigenvalue weighted by molar-refractivity contribution is 6.31.